The molecular formula is C20H23NO5. The van der Waals surface area contributed by atoms with Gasteiger partial charge in [0.05, 0.1) is 25.8 Å². The van der Waals surface area contributed by atoms with Gasteiger partial charge >= 0.3 is 5.97 Å². The molecule has 138 valence electrons. The maximum atomic E-state index is 12.2. The van der Waals surface area contributed by atoms with E-state index in [2.05, 4.69) is 5.32 Å². The van der Waals surface area contributed by atoms with Crippen LogP contribution >= 0.6 is 0 Å². The van der Waals surface area contributed by atoms with E-state index >= 15 is 0 Å². The number of nitrogens with one attached hydrogen (secondary N) is 1. The molecule has 0 saturated carbocycles. The number of para-hydroxylation sites is 2. The molecule has 1 N–H and O–H groups in total. The number of aryl methyl sites for hydroxylation is 1. The highest BCUT2D eigenvalue weighted by molar-refractivity contribution is 5.96. The van der Waals surface area contributed by atoms with Crippen LogP contribution in [0.1, 0.15) is 18.9 Å². The van der Waals surface area contributed by atoms with Crippen LogP contribution in [-0.4, -0.2) is 31.7 Å². The Morgan fingerprint density at radius 1 is 1.08 bits per heavy atom. The van der Waals surface area contributed by atoms with Crippen LogP contribution in [-0.2, 0) is 14.3 Å². The van der Waals surface area contributed by atoms with Gasteiger partial charge in [0.2, 0.25) is 0 Å². The van der Waals surface area contributed by atoms with Crippen molar-refractivity contribution >= 4 is 17.6 Å². The van der Waals surface area contributed by atoms with Crippen LogP contribution in [0.15, 0.2) is 48.5 Å². The smallest absolute Gasteiger partial charge is 0.310 e. The molecule has 0 spiro atoms. The lowest BCUT2D eigenvalue weighted by Gasteiger charge is -2.15. The van der Waals surface area contributed by atoms with Crippen molar-refractivity contribution in [2.75, 3.05) is 19.0 Å². The van der Waals surface area contributed by atoms with Gasteiger partial charge in [-0.1, -0.05) is 29.8 Å². The van der Waals surface area contributed by atoms with Gasteiger partial charge < -0.3 is 19.5 Å². The van der Waals surface area contributed by atoms with Gasteiger partial charge in [0.25, 0.3) is 5.91 Å². The lowest BCUT2D eigenvalue weighted by Crippen LogP contribution is -2.30. The van der Waals surface area contributed by atoms with Crippen molar-refractivity contribution in [1.29, 1.82) is 0 Å². The molecule has 0 unspecified atom stereocenters. The monoisotopic (exact) mass is 357 g/mol. The zero-order chi connectivity index (χ0) is 18.9. The quantitative estimate of drug-likeness (QED) is 0.734. The molecule has 1 amide bonds. The second-order valence-electron chi connectivity index (χ2n) is 5.73. The van der Waals surface area contributed by atoms with Crippen molar-refractivity contribution in [2.45, 2.75) is 26.4 Å². The number of amides is 1. The van der Waals surface area contributed by atoms with E-state index in [4.69, 9.17) is 14.2 Å². The first-order valence-corrected chi connectivity index (χ1v) is 8.32. The molecule has 1 atom stereocenters. The fourth-order valence-electron chi connectivity index (χ4n) is 2.18. The Labute approximate surface area is 153 Å². The van der Waals surface area contributed by atoms with Crippen LogP contribution in [0.25, 0.3) is 0 Å². The maximum absolute atomic E-state index is 12.2. The third kappa shape index (κ3) is 5.81. The predicted molar refractivity (Wildman–Crippen MR) is 98.5 cm³/mol. The highest BCUT2D eigenvalue weighted by Gasteiger charge is 2.19. The molecule has 6 heteroatoms. The van der Waals surface area contributed by atoms with E-state index in [0.29, 0.717) is 17.2 Å². The lowest BCUT2D eigenvalue weighted by molar-refractivity contribution is -0.153. The first kappa shape index (κ1) is 19.3. The van der Waals surface area contributed by atoms with Crippen LogP contribution in [0.2, 0.25) is 0 Å². The second kappa shape index (κ2) is 9.46. The molecule has 0 bridgehead atoms. The van der Waals surface area contributed by atoms with Gasteiger partial charge in [-0.15, -0.1) is 0 Å². The van der Waals surface area contributed by atoms with Crippen LogP contribution in [0.5, 0.6) is 11.5 Å². The topological polar surface area (TPSA) is 73.9 Å². The minimum atomic E-state index is -0.924. The van der Waals surface area contributed by atoms with Gasteiger partial charge in [0.1, 0.15) is 11.5 Å². The van der Waals surface area contributed by atoms with Gasteiger partial charge in [0, 0.05) is 0 Å². The van der Waals surface area contributed by atoms with Gasteiger partial charge in [-0.2, -0.15) is 0 Å². The van der Waals surface area contributed by atoms with Gasteiger partial charge in [-0.05, 0) is 38.1 Å². The average molecular weight is 357 g/mol. The summed E-state index contributed by atoms with van der Waals surface area (Å²) in [6.07, 6.45) is -0.869. The summed E-state index contributed by atoms with van der Waals surface area (Å²) < 4.78 is 15.8. The SMILES string of the molecule is COc1ccccc1NC(=O)[C@@H](C)OC(=O)CCOc1ccc(C)cc1. The van der Waals surface area contributed by atoms with Gasteiger partial charge in [0.15, 0.2) is 6.10 Å². The maximum Gasteiger partial charge on any atom is 0.310 e. The third-order valence-corrected chi connectivity index (χ3v) is 3.64. The van der Waals surface area contributed by atoms with Crippen molar-refractivity contribution < 1.29 is 23.8 Å². The van der Waals surface area contributed by atoms with Crippen LogP contribution < -0.4 is 14.8 Å². The molecule has 0 aliphatic rings. The Kier molecular flexibility index (Phi) is 7.02. The Balaban J connectivity index is 1.76. The van der Waals surface area contributed by atoms with Crippen LogP contribution in [0, 0.1) is 6.92 Å². The van der Waals surface area contributed by atoms with E-state index in [0.717, 1.165) is 5.56 Å². The molecule has 0 fully saturated rings. The number of hydrogen-bond donors (Lipinski definition) is 1. The fraction of sp³-hybridized carbons (Fsp3) is 0.300. The number of methoxy groups -OCH3 is 1. The molecule has 0 aliphatic heterocycles. The van der Waals surface area contributed by atoms with E-state index in [-0.39, 0.29) is 13.0 Å². The van der Waals surface area contributed by atoms with Crippen LogP contribution in [0.3, 0.4) is 0 Å². The van der Waals surface area contributed by atoms with Crippen molar-refractivity contribution in [2.24, 2.45) is 0 Å². The van der Waals surface area contributed by atoms with E-state index in [1.54, 1.807) is 24.3 Å². The number of hydrogen-bond acceptors (Lipinski definition) is 5. The molecule has 6 nitrogen and oxygen atoms in total. The molecule has 0 radical (unpaired) electrons. The number of benzene rings is 2. The van der Waals surface area contributed by atoms with E-state index in [1.807, 2.05) is 31.2 Å². The van der Waals surface area contributed by atoms with Crippen molar-refractivity contribution in [3.05, 3.63) is 54.1 Å². The molecule has 0 heterocycles. The minimum Gasteiger partial charge on any atom is -0.495 e. The number of esters is 1. The highest BCUT2D eigenvalue weighted by Crippen LogP contribution is 2.23. The summed E-state index contributed by atoms with van der Waals surface area (Å²) in [6, 6.07) is 14.5. The summed E-state index contributed by atoms with van der Waals surface area (Å²) in [5, 5.41) is 2.68. The molecule has 0 aliphatic carbocycles. The Morgan fingerprint density at radius 2 is 1.77 bits per heavy atom. The summed E-state index contributed by atoms with van der Waals surface area (Å²) >= 11 is 0. The van der Waals surface area contributed by atoms with Crippen molar-refractivity contribution in [3.63, 3.8) is 0 Å². The molecular weight excluding hydrogens is 334 g/mol. The Hall–Kier alpha value is -3.02. The second-order valence-corrected chi connectivity index (χ2v) is 5.73. The summed E-state index contributed by atoms with van der Waals surface area (Å²) in [4.78, 5) is 24.0. The van der Waals surface area contributed by atoms with Crippen molar-refractivity contribution in [1.82, 2.24) is 0 Å². The largest absolute Gasteiger partial charge is 0.495 e. The average Bonchev–Trinajstić information content (AvgIpc) is 2.63. The molecule has 0 aromatic heterocycles. The molecule has 0 saturated heterocycles. The normalized spacial score (nSPS) is 11.3. The number of carbonyl (C=O) groups excluding carboxylic acids is 2. The standard InChI is InChI=1S/C20H23NO5/c1-14-8-10-16(11-9-14)25-13-12-19(22)26-15(2)20(23)21-17-6-4-5-7-18(17)24-3/h4-11,15H,12-13H2,1-3H3,(H,21,23)/t15-/m1/s1. The van der Waals surface area contributed by atoms with Gasteiger partial charge in [-0.25, -0.2) is 0 Å². The zero-order valence-electron chi connectivity index (χ0n) is 15.2. The van der Waals surface area contributed by atoms with E-state index < -0.39 is 18.0 Å². The van der Waals surface area contributed by atoms with Gasteiger partial charge in [-0.3, -0.25) is 9.59 Å². The van der Waals surface area contributed by atoms with Crippen LogP contribution in [0.4, 0.5) is 5.69 Å². The fourth-order valence-corrected chi connectivity index (χ4v) is 2.18. The first-order chi connectivity index (χ1) is 12.5. The predicted octanol–water partition coefficient (Wildman–Crippen LogP) is 3.34. The minimum absolute atomic E-state index is 0.0557. The summed E-state index contributed by atoms with van der Waals surface area (Å²) in [6.45, 7) is 3.69. The van der Waals surface area contributed by atoms with Crippen molar-refractivity contribution in [3.8, 4) is 11.5 Å². The molecule has 2 aromatic carbocycles. The zero-order valence-corrected chi connectivity index (χ0v) is 15.2. The number of anilines is 1. The summed E-state index contributed by atoms with van der Waals surface area (Å²) in [7, 11) is 1.52. The summed E-state index contributed by atoms with van der Waals surface area (Å²) in [5.74, 6) is 0.290. The first-order valence-electron chi connectivity index (χ1n) is 8.32. The van der Waals surface area contributed by atoms with E-state index in [9.17, 15) is 9.59 Å². The number of carbonyl (C=O) groups is 2. The molecule has 26 heavy (non-hydrogen) atoms. The lowest BCUT2D eigenvalue weighted by atomic mass is 10.2. The number of rotatable bonds is 8. The summed E-state index contributed by atoms with van der Waals surface area (Å²) in [5.41, 5.74) is 1.65. The third-order valence-electron chi connectivity index (χ3n) is 3.64. The molecule has 2 aromatic rings. The van der Waals surface area contributed by atoms with E-state index in [1.165, 1.54) is 14.0 Å². The highest BCUT2D eigenvalue weighted by atomic mass is 16.5. The molecule has 2 rings (SSSR count). The number of ether oxygens (including phenoxy) is 3. The Bertz CT molecular complexity index is 742. The Morgan fingerprint density at radius 3 is 2.46 bits per heavy atom.